The van der Waals surface area contributed by atoms with Crippen molar-refractivity contribution in [2.24, 2.45) is 5.92 Å². The highest BCUT2D eigenvalue weighted by Crippen LogP contribution is 2.28. The van der Waals surface area contributed by atoms with Crippen molar-refractivity contribution in [3.05, 3.63) is 29.8 Å². The van der Waals surface area contributed by atoms with E-state index in [1.165, 1.54) is 0 Å². The maximum atomic E-state index is 11.9. The number of β-amino-alcohol motifs (C(OH)–C–C–N with tert-alkyl or cyclic N) is 1. The summed E-state index contributed by atoms with van der Waals surface area (Å²) >= 11 is 0. The second-order valence-electron chi connectivity index (χ2n) is 5.87. The molecule has 0 aromatic heterocycles. The van der Waals surface area contributed by atoms with Crippen LogP contribution in [0.1, 0.15) is 25.8 Å². The van der Waals surface area contributed by atoms with Crippen LogP contribution in [0.3, 0.4) is 0 Å². The first-order valence-electron chi connectivity index (χ1n) is 7.11. The molecule has 4 nitrogen and oxygen atoms in total. The second-order valence-corrected chi connectivity index (χ2v) is 5.87. The Kier molecular flexibility index (Phi) is 4.33. The molecule has 20 heavy (non-hydrogen) atoms. The maximum Gasteiger partial charge on any atom is 0.226 e. The van der Waals surface area contributed by atoms with Crippen molar-refractivity contribution in [3.63, 3.8) is 0 Å². The monoisotopic (exact) mass is 277 g/mol. The molecule has 0 spiro atoms. The Labute approximate surface area is 120 Å². The van der Waals surface area contributed by atoms with Gasteiger partial charge in [0.05, 0.1) is 26.1 Å². The highest BCUT2D eigenvalue weighted by atomic mass is 16.5. The number of aliphatic hydroxyl groups is 1. The molecule has 0 saturated carbocycles. The van der Waals surface area contributed by atoms with Gasteiger partial charge in [0.15, 0.2) is 0 Å². The van der Waals surface area contributed by atoms with Gasteiger partial charge in [0.2, 0.25) is 5.91 Å². The van der Waals surface area contributed by atoms with Crippen LogP contribution < -0.4 is 4.74 Å². The number of aryl methyl sites for hydroxylation is 1. The molecule has 1 aliphatic rings. The molecule has 1 aromatic carbocycles. The number of hydrogen-bond donors (Lipinski definition) is 1. The van der Waals surface area contributed by atoms with Crippen LogP contribution in [0.2, 0.25) is 0 Å². The standard InChI is InChI=1S/C16H23NO3/c1-12(2)16(19)10-17(11-16)15(18)8-9-20-14-7-5-4-6-13(14)3/h4-7,12,19H,8-11H2,1-3H3. The Morgan fingerprint density at radius 2 is 2.05 bits per heavy atom. The van der Waals surface area contributed by atoms with Gasteiger partial charge in [0.1, 0.15) is 11.4 Å². The topological polar surface area (TPSA) is 49.8 Å². The van der Waals surface area contributed by atoms with Crippen molar-refractivity contribution < 1.29 is 14.6 Å². The number of likely N-dealkylation sites (tertiary alicyclic amines) is 1. The van der Waals surface area contributed by atoms with E-state index in [-0.39, 0.29) is 11.8 Å². The van der Waals surface area contributed by atoms with Crippen molar-refractivity contribution in [1.29, 1.82) is 0 Å². The van der Waals surface area contributed by atoms with Crippen LogP contribution in [0.15, 0.2) is 24.3 Å². The third-order valence-electron chi connectivity index (χ3n) is 4.02. The SMILES string of the molecule is Cc1ccccc1OCCC(=O)N1CC(O)(C(C)C)C1. The zero-order valence-electron chi connectivity index (χ0n) is 12.4. The van der Waals surface area contributed by atoms with Gasteiger partial charge in [-0.2, -0.15) is 0 Å². The Hall–Kier alpha value is -1.55. The number of hydrogen-bond acceptors (Lipinski definition) is 3. The van der Waals surface area contributed by atoms with Gasteiger partial charge in [-0.25, -0.2) is 0 Å². The molecule has 4 heteroatoms. The van der Waals surface area contributed by atoms with E-state index in [9.17, 15) is 9.90 Å². The van der Waals surface area contributed by atoms with Crippen LogP contribution in [-0.2, 0) is 4.79 Å². The van der Waals surface area contributed by atoms with Gasteiger partial charge in [-0.05, 0) is 24.5 Å². The molecule has 0 atom stereocenters. The van der Waals surface area contributed by atoms with E-state index in [2.05, 4.69) is 0 Å². The van der Waals surface area contributed by atoms with E-state index in [1.54, 1.807) is 4.90 Å². The molecule has 1 saturated heterocycles. The van der Waals surface area contributed by atoms with E-state index >= 15 is 0 Å². The summed E-state index contributed by atoms with van der Waals surface area (Å²) < 4.78 is 5.62. The number of benzene rings is 1. The fraction of sp³-hybridized carbons (Fsp3) is 0.562. The predicted molar refractivity (Wildman–Crippen MR) is 77.7 cm³/mol. The average molecular weight is 277 g/mol. The quantitative estimate of drug-likeness (QED) is 0.895. The van der Waals surface area contributed by atoms with Gasteiger partial charge < -0.3 is 14.7 Å². The second kappa shape index (κ2) is 5.83. The number of ether oxygens (including phenoxy) is 1. The third kappa shape index (κ3) is 3.12. The molecular weight excluding hydrogens is 254 g/mol. The maximum absolute atomic E-state index is 11.9. The molecule has 1 N–H and O–H groups in total. The number of nitrogens with zero attached hydrogens (tertiary/aromatic N) is 1. The molecule has 2 rings (SSSR count). The number of carbonyl (C=O) groups is 1. The first-order chi connectivity index (χ1) is 9.42. The van der Waals surface area contributed by atoms with Crippen molar-refractivity contribution in [2.45, 2.75) is 32.8 Å². The minimum atomic E-state index is -0.702. The van der Waals surface area contributed by atoms with Gasteiger partial charge in [0, 0.05) is 0 Å². The lowest BCUT2D eigenvalue weighted by Gasteiger charge is -2.49. The molecular formula is C16H23NO3. The van der Waals surface area contributed by atoms with E-state index in [0.29, 0.717) is 26.1 Å². The molecule has 1 aromatic rings. The summed E-state index contributed by atoms with van der Waals surface area (Å²) in [6, 6.07) is 7.76. The molecule has 110 valence electrons. The lowest BCUT2D eigenvalue weighted by Crippen LogP contribution is -2.66. The molecule has 1 heterocycles. The summed E-state index contributed by atoms with van der Waals surface area (Å²) in [5, 5.41) is 10.1. The van der Waals surface area contributed by atoms with Gasteiger partial charge >= 0.3 is 0 Å². The summed E-state index contributed by atoms with van der Waals surface area (Å²) in [5.74, 6) is 1.04. The van der Waals surface area contributed by atoms with Gasteiger partial charge in [0.25, 0.3) is 0 Å². The number of para-hydroxylation sites is 1. The first kappa shape index (κ1) is 14.9. The predicted octanol–water partition coefficient (Wildman–Crippen LogP) is 1.99. The number of rotatable bonds is 5. The molecule has 1 fully saturated rings. The van der Waals surface area contributed by atoms with Crippen molar-refractivity contribution in [2.75, 3.05) is 19.7 Å². The van der Waals surface area contributed by atoms with Gasteiger partial charge in [-0.15, -0.1) is 0 Å². The van der Waals surface area contributed by atoms with Crippen molar-refractivity contribution >= 4 is 5.91 Å². The molecule has 1 aliphatic heterocycles. The van der Waals surface area contributed by atoms with Crippen molar-refractivity contribution in [3.8, 4) is 5.75 Å². The molecule has 0 unspecified atom stereocenters. The smallest absolute Gasteiger partial charge is 0.226 e. The van der Waals surface area contributed by atoms with E-state index in [1.807, 2.05) is 45.0 Å². The van der Waals surface area contributed by atoms with Crippen molar-refractivity contribution in [1.82, 2.24) is 4.90 Å². The van der Waals surface area contributed by atoms with Crippen LogP contribution in [0, 0.1) is 12.8 Å². The summed E-state index contributed by atoms with van der Waals surface area (Å²) in [7, 11) is 0. The summed E-state index contributed by atoms with van der Waals surface area (Å²) in [6.45, 7) is 7.18. The van der Waals surface area contributed by atoms with E-state index < -0.39 is 5.60 Å². The largest absolute Gasteiger partial charge is 0.493 e. The van der Waals surface area contributed by atoms with E-state index in [0.717, 1.165) is 11.3 Å². The number of carbonyl (C=O) groups excluding carboxylic acids is 1. The Bertz CT molecular complexity index is 478. The Morgan fingerprint density at radius 3 is 2.65 bits per heavy atom. The summed E-state index contributed by atoms with van der Waals surface area (Å²) in [5.41, 5.74) is 0.366. The highest BCUT2D eigenvalue weighted by molar-refractivity contribution is 5.77. The molecule has 0 aliphatic carbocycles. The zero-order valence-corrected chi connectivity index (χ0v) is 12.4. The minimum Gasteiger partial charge on any atom is -0.493 e. The molecule has 1 amide bonds. The molecule has 0 bridgehead atoms. The van der Waals surface area contributed by atoms with Gasteiger partial charge in [-0.3, -0.25) is 4.79 Å². The Balaban J connectivity index is 1.74. The van der Waals surface area contributed by atoms with Crippen LogP contribution >= 0.6 is 0 Å². The van der Waals surface area contributed by atoms with Crippen LogP contribution in [-0.4, -0.2) is 41.2 Å². The highest BCUT2D eigenvalue weighted by Gasteiger charge is 2.45. The first-order valence-corrected chi connectivity index (χ1v) is 7.11. The minimum absolute atomic E-state index is 0.0453. The fourth-order valence-electron chi connectivity index (χ4n) is 2.28. The lowest BCUT2D eigenvalue weighted by atomic mass is 9.83. The summed E-state index contributed by atoms with van der Waals surface area (Å²) in [6.07, 6.45) is 0.350. The van der Waals surface area contributed by atoms with Crippen LogP contribution in [0.25, 0.3) is 0 Å². The van der Waals surface area contributed by atoms with Crippen LogP contribution in [0.4, 0.5) is 0 Å². The summed E-state index contributed by atoms with van der Waals surface area (Å²) in [4.78, 5) is 13.6. The normalized spacial score (nSPS) is 16.9. The third-order valence-corrected chi connectivity index (χ3v) is 4.02. The zero-order chi connectivity index (χ0) is 14.8. The Morgan fingerprint density at radius 1 is 1.40 bits per heavy atom. The average Bonchev–Trinajstić information content (AvgIpc) is 2.36. The lowest BCUT2D eigenvalue weighted by molar-refractivity contribution is -0.164. The van der Waals surface area contributed by atoms with E-state index in [4.69, 9.17) is 4.74 Å². The molecule has 0 radical (unpaired) electrons. The number of amides is 1. The van der Waals surface area contributed by atoms with Gasteiger partial charge in [-0.1, -0.05) is 32.0 Å². The fourth-order valence-corrected chi connectivity index (χ4v) is 2.28. The van der Waals surface area contributed by atoms with Crippen LogP contribution in [0.5, 0.6) is 5.75 Å².